The highest BCUT2D eigenvalue weighted by molar-refractivity contribution is 7.98. The molecule has 0 bridgehead atoms. The Morgan fingerprint density at radius 2 is 1.74 bits per heavy atom. The number of rotatable bonds is 14. The first kappa shape index (κ1) is 40.0. The van der Waals surface area contributed by atoms with Crippen molar-refractivity contribution >= 4 is 71.1 Å². The monoisotopic (exact) mass is 803 g/mol. The summed E-state index contributed by atoms with van der Waals surface area (Å²) >= 11 is 10.5. The van der Waals surface area contributed by atoms with Gasteiger partial charge in [-0.1, -0.05) is 62.7 Å². The van der Waals surface area contributed by atoms with Gasteiger partial charge in [0, 0.05) is 77.5 Å². The summed E-state index contributed by atoms with van der Waals surface area (Å²) < 4.78 is 17.5. The van der Waals surface area contributed by atoms with Gasteiger partial charge in [0.25, 0.3) is 0 Å². The fourth-order valence-corrected chi connectivity index (χ4v) is 9.89. The lowest BCUT2D eigenvalue weighted by Crippen LogP contribution is -2.41. The van der Waals surface area contributed by atoms with E-state index in [0.29, 0.717) is 35.2 Å². The van der Waals surface area contributed by atoms with Gasteiger partial charge < -0.3 is 18.8 Å². The first-order chi connectivity index (χ1) is 25.6. The number of carbonyl (C=O) groups is 1. The van der Waals surface area contributed by atoms with Crippen molar-refractivity contribution in [1.29, 1.82) is 0 Å². The molecule has 3 aromatic carbocycles. The quantitative estimate of drug-likeness (QED) is 0.0503. The number of esters is 1. The number of nitrogens with zero attached hydrogens (tertiary/aromatic N) is 5. The van der Waals surface area contributed by atoms with Crippen molar-refractivity contribution in [2.45, 2.75) is 73.9 Å². The van der Waals surface area contributed by atoms with Crippen molar-refractivity contribution in [2.24, 2.45) is 21.1 Å². The summed E-state index contributed by atoms with van der Waals surface area (Å²) in [5, 5.41) is 23.6. The summed E-state index contributed by atoms with van der Waals surface area (Å²) in [5.74, 6) is 2.07. The highest BCUT2D eigenvalue weighted by Crippen LogP contribution is 2.42. The number of aromatic hydroxyl groups is 1. The number of benzene rings is 3. The maximum atomic E-state index is 13.3. The van der Waals surface area contributed by atoms with Gasteiger partial charge in [0.2, 0.25) is 0 Å². The molecule has 6 aromatic rings. The molecule has 0 saturated carbocycles. The molecule has 3 heterocycles. The van der Waals surface area contributed by atoms with E-state index in [1.807, 2.05) is 83.7 Å². The molecule has 0 atom stereocenters. The number of fused-ring (bicyclic) bond motifs is 2. The Hall–Kier alpha value is -3.68. The van der Waals surface area contributed by atoms with Crippen LogP contribution in [-0.2, 0) is 54.0 Å². The summed E-state index contributed by atoms with van der Waals surface area (Å²) in [7, 11) is 5.34. The van der Waals surface area contributed by atoms with Crippen LogP contribution in [0.4, 0.5) is 0 Å². The summed E-state index contributed by atoms with van der Waals surface area (Å²) in [6.45, 7) is 11.9. The molecule has 0 fully saturated rings. The summed E-state index contributed by atoms with van der Waals surface area (Å²) in [4.78, 5) is 14.3. The fraction of sp³-hybridized carbons (Fsp3) is 0.390. The van der Waals surface area contributed by atoms with Gasteiger partial charge in [0.1, 0.15) is 11.4 Å². The van der Waals surface area contributed by atoms with Crippen LogP contribution >= 0.6 is 35.1 Å². The predicted molar refractivity (Wildman–Crippen MR) is 226 cm³/mol. The molecule has 0 aliphatic heterocycles. The molecular weight excluding hydrogens is 754 g/mol. The van der Waals surface area contributed by atoms with Crippen LogP contribution in [0.1, 0.15) is 60.2 Å². The molecule has 0 unspecified atom stereocenters. The minimum Gasteiger partial charge on any atom is -0.507 e. The molecule has 6 rings (SSSR count). The molecule has 286 valence electrons. The number of thioether (sulfide) groups is 2. The molecule has 0 saturated heterocycles. The van der Waals surface area contributed by atoms with Gasteiger partial charge in [0.05, 0.1) is 35.2 Å². The van der Waals surface area contributed by atoms with E-state index in [0.717, 1.165) is 78.3 Å². The van der Waals surface area contributed by atoms with Crippen LogP contribution < -0.4 is 0 Å². The Balaban J connectivity index is 1.20. The van der Waals surface area contributed by atoms with Crippen molar-refractivity contribution in [3.8, 4) is 17.0 Å². The van der Waals surface area contributed by atoms with Crippen LogP contribution in [0.25, 0.3) is 32.9 Å². The Kier molecular flexibility index (Phi) is 12.0. The number of hydrogen-bond donors (Lipinski definition) is 1. The lowest BCUT2D eigenvalue weighted by Gasteiger charge is -2.36. The maximum absolute atomic E-state index is 13.3. The predicted octanol–water partition coefficient (Wildman–Crippen LogP) is 10.3. The minimum absolute atomic E-state index is 0.124. The standard InChI is InChI=1S/C41H50ClN5O4S2Si/c1-41(2,3)54(8,9)51-18-12-15-32-33-16-17-34(42)36(38(33)45(4)39(32)40(49)50-7)37-27(22-43-47(37)6)23-52-24-28-20-29(46(5)44-28)25-53-30-19-26-13-10-11-14-31(26)35(48)21-30/h10-11,13-14,16-17,19-22,48H,12,15,18,23-25H2,1-9H3. The number of phenolic OH excluding ortho intramolecular Hbond substituents is 1. The second-order valence-electron chi connectivity index (χ2n) is 15.2. The van der Waals surface area contributed by atoms with Crippen LogP contribution in [0, 0.1) is 0 Å². The molecule has 1 N–H and O–H groups in total. The van der Waals surface area contributed by atoms with Crippen LogP contribution in [0.3, 0.4) is 0 Å². The Bertz CT molecular complexity index is 2320. The molecule has 13 heteroatoms. The van der Waals surface area contributed by atoms with Crippen LogP contribution in [0.5, 0.6) is 5.75 Å². The lowest BCUT2D eigenvalue weighted by molar-refractivity contribution is 0.0589. The summed E-state index contributed by atoms with van der Waals surface area (Å²) in [6.07, 6.45) is 3.35. The molecule has 0 radical (unpaired) electrons. The molecule has 3 aromatic heterocycles. The zero-order valence-corrected chi connectivity index (χ0v) is 36.0. The van der Waals surface area contributed by atoms with Gasteiger partial charge in [-0.15, -0.1) is 11.8 Å². The number of aryl methyl sites for hydroxylation is 4. The van der Waals surface area contributed by atoms with E-state index < -0.39 is 8.32 Å². The van der Waals surface area contributed by atoms with E-state index >= 15 is 0 Å². The number of halogens is 1. The van der Waals surface area contributed by atoms with Crippen molar-refractivity contribution in [2.75, 3.05) is 13.7 Å². The largest absolute Gasteiger partial charge is 0.507 e. The van der Waals surface area contributed by atoms with Crippen LogP contribution in [0.2, 0.25) is 23.2 Å². The smallest absolute Gasteiger partial charge is 0.354 e. The third-order valence-corrected chi connectivity index (χ3v) is 17.5. The second kappa shape index (κ2) is 16.2. The van der Waals surface area contributed by atoms with Gasteiger partial charge in [-0.3, -0.25) is 9.36 Å². The zero-order valence-electron chi connectivity index (χ0n) is 32.6. The molecule has 9 nitrogen and oxygen atoms in total. The topological polar surface area (TPSA) is 96.3 Å². The Labute approximate surface area is 332 Å². The van der Waals surface area contributed by atoms with E-state index in [1.165, 1.54) is 7.11 Å². The second-order valence-corrected chi connectivity index (χ2v) is 22.5. The fourth-order valence-electron chi connectivity index (χ4n) is 6.69. The molecule has 0 aliphatic carbocycles. The molecule has 0 aliphatic rings. The molecular formula is C41H50ClN5O4S2Si. The number of methoxy groups -OCH3 is 1. The first-order valence-electron chi connectivity index (χ1n) is 18.1. The maximum Gasteiger partial charge on any atom is 0.354 e. The highest BCUT2D eigenvalue weighted by atomic mass is 35.5. The number of aromatic nitrogens is 5. The minimum atomic E-state index is -1.90. The van der Waals surface area contributed by atoms with Crippen LogP contribution in [0.15, 0.2) is 65.7 Å². The molecule has 0 amide bonds. The Morgan fingerprint density at radius 1 is 0.981 bits per heavy atom. The van der Waals surface area contributed by atoms with Gasteiger partial charge in [0.15, 0.2) is 8.32 Å². The van der Waals surface area contributed by atoms with E-state index in [9.17, 15) is 9.90 Å². The van der Waals surface area contributed by atoms with E-state index in [4.69, 9.17) is 25.9 Å². The highest BCUT2D eigenvalue weighted by Gasteiger charge is 2.37. The van der Waals surface area contributed by atoms with E-state index in [2.05, 4.69) is 51.1 Å². The third-order valence-electron chi connectivity index (χ3n) is 10.6. The normalized spacial score (nSPS) is 12.3. The molecule has 0 spiro atoms. The number of carbonyl (C=O) groups excluding carboxylic acids is 1. The SMILES string of the molecule is COC(=O)c1c(CCCO[Si](C)(C)C(C)(C)C)c2ccc(Cl)c(-c3c(CSCc4cc(CSc5cc(O)c6ccccc6c5)n(C)n4)cnn3C)c2n1C. The van der Waals surface area contributed by atoms with Gasteiger partial charge in [-0.25, -0.2) is 4.79 Å². The average molecular weight is 805 g/mol. The summed E-state index contributed by atoms with van der Waals surface area (Å²) in [5.41, 5.74) is 7.26. The number of hydrogen-bond acceptors (Lipinski definition) is 8. The van der Waals surface area contributed by atoms with Crippen molar-refractivity contribution < 1.29 is 19.1 Å². The average Bonchev–Trinajstić information content (AvgIpc) is 3.76. The van der Waals surface area contributed by atoms with Crippen LogP contribution in [-0.4, -0.2) is 57.2 Å². The number of phenols is 1. The Morgan fingerprint density at radius 3 is 2.48 bits per heavy atom. The first-order valence-corrected chi connectivity index (χ1v) is 23.5. The van der Waals surface area contributed by atoms with Crippen molar-refractivity contribution in [3.05, 3.63) is 94.0 Å². The summed E-state index contributed by atoms with van der Waals surface area (Å²) in [6, 6.07) is 17.9. The van der Waals surface area contributed by atoms with E-state index in [1.54, 1.807) is 23.5 Å². The van der Waals surface area contributed by atoms with Gasteiger partial charge >= 0.3 is 5.97 Å². The molecule has 54 heavy (non-hydrogen) atoms. The van der Waals surface area contributed by atoms with Crippen molar-refractivity contribution in [1.82, 2.24) is 24.1 Å². The number of ether oxygens (including phenoxy) is 1. The van der Waals surface area contributed by atoms with E-state index in [-0.39, 0.29) is 11.0 Å². The van der Waals surface area contributed by atoms with Crippen molar-refractivity contribution in [3.63, 3.8) is 0 Å². The van der Waals surface area contributed by atoms with Gasteiger partial charge in [-0.05, 0) is 66.2 Å². The zero-order chi connectivity index (χ0) is 38.9. The van der Waals surface area contributed by atoms with Gasteiger partial charge in [-0.2, -0.15) is 22.0 Å². The third kappa shape index (κ3) is 8.13. The lowest BCUT2D eigenvalue weighted by atomic mass is 10.0.